The fourth-order valence-corrected chi connectivity index (χ4v) is 3.28. The van der Waals surface area contributed by atoms with Gasteiger partial charge in [-0.15, -0.1) is 0 Å². The number of benzene rings is 1. The Kier molecular flexibility index (Phi) is 5.07. The molecule has 0 aliphatic heterocycles. The molecule has 0 bridgehead atoms. The zero-order chi connectivity index (χ0) is 18.2. The summed E-state index contributed by atoms with van der Waals surface area (Å²) in [5.74, 6) is -0.420. The van der Waals surface area contributed by atoms with Gasteiger partial charge >= 0.3 is 0 Å². The van der Waals surface area contributed by atoms with E-state index in [1.165, 1.54) is 12.1 Å². The van der Waals surface area contributed by atoms with Crippen LogP contribution in [-0.2, 0) is 14.9 Å². The predicted octanol–water partition coefficient (Wildman–Crippen LogP) is 2.75. The van der Waals surface area contributed by atoms with Crippen molar-refractivity contribution in [1.29, 1.82) is 0 Å². The summed E-state index contributed by atoms with van der Waals surface area (Å²) in [5.41, 5.74) is 5.71. The average Bonchev–Trinajstić information content (AvgIpc) is 2.52. The number of rotatable bonds is 6. The molecular formula is C19H29FN2O2. The molecule has 1 aromatic rings. The number of carbonyl (C=O) groups excluding carboxylic acids is 1. The Balaban J connectivity index is 2.01. The van der Waals surface area contributed by atoms with Crippen LogP contribution in [0.4, 0.5) is 4.39 Å². The molecule has 2 rings (SSSR count). The van der Waals surface area contributed by atoms with Crippen molar-refractivity contribution < 1.29 is 13.9 Å². The summed E-state index contributed by atoms with van der Waals surface area (Å²) >= 11 is 0. The van der Waals surface area contributed by atoms with Crippen LogP contribution in [0.5, 0.6) is 0 Å². The van der Waals surface area contributed by atoms with Crippen molar-refractivity contribution in [1.82, 2.24) is 5.32 Å². The molecule has 1 aromatic carbocycles. The van der Waals surface area contributed by atoms with E-state index in [1.54, 1.807) is 12.1 Å². The fraction of sp³-hybridized carbons (Fsp3) is 0.632. The molecule has 0 spiro atoms. The van der Waals surface area contributed by atoms with Gasteiger partial charge in [0.1, 0.15) is 11.4 Å². The van der Waals surface area contributed by atoms with E-state index in [0.29, 0.717) is 19.6 Å². The fourth-order valence-electron chi connectivity index (χ4n) is 3.28. The molecule has 2 unspecified atom stereocenters. The first-order valence-electron chi connectivity index (χ1n) is 8.49. The van der Waals surface area contributed by atoms with Crippen LogP contribution >= 0.6 is 0 Å². The van der Waals surface area contributed by atoms with E-state index in [4.69, 9.17) is 10.5 Å². The highest BCUT2D eigenvalue weighted by atomic mass is 19.1. The Morgan fingerprint density at radius 3 is 2.46 bits per heavy atom. The lowest BCUT2D eigenvalue weighted by atomic mass is 9.54. The molecule has 1 fully saturated rings. The van der Waals surface area contributed by atoms with Gasteiger partial charge < -0.3 is 15.8 Å². The van der Waals surface area contributed by atoms with Crippen molar-refractivity contribution >= 4 is 5.91 Å². The summed E-state index contributed by atoms with van der Waals surface area (Å²) in [7, 11) is 0. The van der Waals surface area contributed by atoms with Gasteiger partial charge in [-0.3, -0.25) is 4.79 Å². The zero-order valence-electron chi connectivity index (χ0n) is 15.3. The first kappa shape index (κ1) is 18.9. The second-order valence-corrected chi connectivity index (χ2v) is 7.91. The van der Waals surface area contributed by atoms with Crippen molar-refractivity contribution in [3.8, 4) is 0 Å². The van der Waals surface area contributed by atoms with Crippen LogP contribution in [0, 0.1) is 11.2 Å². The minimum absolute atomic E-state index is 0.00311. The van der Waals surface area contributed by atoms with E-state index in [0.717, 1.165) is 5.56 Å². The molecule has 1 saturated carbocycles. The number of nitrogens with two attached hydrogens (primary N) is 1. The van der Waals surface area contributed by atoms with Crippen molar-refractivity contribution in [3.63, 3.8) is 0 Å². The highest BCUT2D eigenvalue weighted by Gasteiger charge is 2.62. The largest absolute Gasteiger partial charge is 0.378 e. The van der Waals surface area contributed by atoms with Crippen LogP contribution in [0.1, 0.15) is 46.6 Å². The summed E-state index contributed by atoms with van der Waals surface area (Å²) in [6.45, 7) is 11.0. The van der Waals surface area contributed by atoms with Crippen molar-refractivity contribution in [2.24, 2.45) is 11.1 Å². The summed E-state index contributed by atoms with van der Waals surface area (Å²) in [6, 6.07) is 6.37. The lowest BCUT2D eigenvalue weighted by Gasteiger charge is -2.57. The van der Waals surface area contributed by atoms with E-state index in [-0.39, 0.29) is 23.2 Å². The standard InChI is InChI=1S/C19H29FN2O2/c1-6-24-15-11-19(21,18(15,4)5)16(23)22-12-17(2,3)13-7-9-14(20)10-8-13/h7-10,15H,6,11-12,21H2,1-5H3,(H,22,23). The topological polar surface area (TPSA) is 64.3 Å². The second kappa shape index (κ2) is 6.45. The third-order valence-corrected chi connectivity index (χ3v) is 5.55. The van der Waals surface area contributed by atoms with E-state index in [9.17, 15) is 9.18 Å². The van der Waals surface area contributed by atoms with Gasteiger partial charge in [0.15, 0.2) is 0 Å². The van der Waals surface area contributed by atoms with Gasteiger partial charge in [-0.25, -0.2) is 4.39 Å². The Labute approximate surface area is 144 Å². The van der Waals surface area contributed by atoms with Crippen LogP contribution in [0.2, 0.25) is 0 Å². The van der Waals surface area contributed by atoms with E-state index in [1.807, 2.05) is 34.6 Å². The van der Waals surface area contributed by atoms with Gasteiger partial charge in [-0.1, -0.05) is 39.8 Å². The maximum atomic E-state index is 13.1. The Hall–Kier alpha value is -1.46. The molecule has 0 aromatic heterocycles. The third kappa shape index (κ3) is 3.20. The van der Waals surface area contributed by atoms with Crippen molar-refractivity contribution in [2.75, 3.05) is 13.2 Å². The minimum Gasteiger partial charge on any atom is -0.378 e. The molecule has 0 saturated heterocycles. The van der Waals surface area contributed by atoms with Crippen molar-refractivity contribution in [3.05, 3.63) is 35.6 Å². The molecule has 3 N–H and O–H groups in total. The highest BCUT2D eigenvalue weighted by Crippen LogP contribution is 2.49. The summed E-state index contributed by atoms with van der Waals surface area (Å²) < 4.78 is 18.8. The lowest BCUT2D eigenvalue weighted by molar-refractivity contribution is -0.170. The van der Waals surface area contributed by atoms with E-state index in [2.05, 4.69) is 5.32 Å². The number of carbonyl (C=O) groups is 1. The van der Waals surface area contributed by atoms with Crippen LogP contribution in [0.25, 0.3) is 0 Å². The zero-order valence-corrected chi connectivity index (χ0v) is 15.3. The maximum absolute atomic E-state index is 13.1. The molecule has 1 aliphatic carbocycles. The van der Waals surface area contributed by atoms with Gasteiger partial charge in [0, 0.05) is 30.4 Å². The molecule has 1 aliphatic rings. The quantitative estimate of drug-likeness (QED) is 0.839. The van der Waals surface area contributed by atoms with Gasteiger partial charge in [-0.05, 0) is 24.6 Å². The molecule has 24 heavy (non-hydrogen) atoms. The van der Waals surface area contributed by atoms with Gasteiger partial charge in [0.05, 0.1) is 6.10 Å². The average molecular weight is 336 g/mol. The van der Waals surface area contributed by atoms with Gasteiger partial charge in [0.25, 0.3) is 0 Å². The SMILES string of the molecule is CCOC1CC(N)(C(=O)NCC(C)(C)c2ccc(F)cc2)C1(C)C. The Morgan fingerprint density at radius 1 is 1.38 bits per heavy atom. The Bertz CT molecular complexity index is 598. The molecule has 0 heterocycles. The molecule has 5 heteroatoms. The predicted molar refractivity (Wildman–Crippen MR) is 93.2 cm³/mol. The first-order valence-corrected chi connectivity index (χ1v) is 8.49. The van der Waals surface area contributed by atoms with Gasteiger partial charge in [0.2, 0.25) is 5.91 Å². The molecular weight excluding hydrogens is 307 g/mol. The monoisotopic (exact) mass is 336 g/mol. The highest BCUT2D eigenvalue weighted by molar-refractivity contribution is 5.88. The number of amides is 1. The lowest BCUT2D eigenvalue weighted by Crippen LogP contribution is -2.76. The molecule has 134 valence electrons. The first-order chi connectivity index (χ1) is 11.0. The Morgan fingerprint density at radius 2 is 1.96 bits per heavy atom. The van der Waals surface area contributed by atoms with E-state index < -0.39 is 11.0 Å². The summed E-state index contributed by atoms with van der Waals surface area (Å²) in [6.07, 6.45) is 0.528. The normalized spacial score (nSPS) is 25.9. The van der Waals surface area contributed by atoms with Crippen LogP contribution < -0.4 is 11.1 Å². The number of hydrogen-bond donors (Lipinski definition) is 2. The number of ether oxygens (including phenoxy) is 1. The smallest absolute Gasteiger partial charge is 0.240 e. The van der Waals surface area contributed by atoms with Crippen LogP contribution in [-0.4, -0.2) is 30.7 Å². The maximum Gasteiger partial charge on any atom is 0.240 e. The molecule has 1 amide bonds. The second-order valence-electron chi connectivity index (χ2n) is 7.91. The number of nitrogens with one attached hydrogen (secondary N) is 1. The van der Waals surface area contributed by atoms with Crippen LogP contribution in [0.15, 0.2) is 24.3 Å². The minimum atomic E-state index is -0.925. The molecule has 2 atom stereocenters. The molecule has 0 radical (unpaired) electrons. The summed E-state index contributed by atoms with van der Waals surface area (Å²) in [5, 5.41) is 2.98. The van der Waals surface area contributed by atoms with Crippen molar-refractivity contribution in [2.45, 2.75) is 58.1 Å². The van der Waals surface area contributed by atoms with Crippen LogP contribution in [0.3, 0.4) is 0 Å². The summed E-state index contributed by atoms with van der Waals surface area (Å²) in [4.78, 5) is 12.7. The van der Waals surface area contributed by atoms with Gasteiger partial charge in [-0.2, -0.15) is 0 Å². The molecule has 4 nitrogen and oxygen atoms in total. The van der Waals surface area contributed by atoms with E-state index >= 15 is 0 Å². The number of halogens is 1. The number of hydrogen-bond acceptors (Lipinski definition) is 3. The third-order valence-electron chi connectivity index (χ3n) is 5.55.